The third kappa shape index (κ3) is 3.77. The normalized spacial score (nSPS) is 17.8. The van der Waals surface area contributed by atoms with E-state index in [-0.39, 0.29) is 16.6 Å². The summed E-state index contributed by atoms with van der Waals surface area (Å²) in [6, 6.07) is 6.12. The summed E-state index contributed by atoms with van der Waals surface area (Å²) in [5.41, 5.74) is -0.162. The molecule has 0 fully saturated rings. The number of nitrogens with zero attached hydrogens (tertiary/aromatic N) is 3. The van der Waals surface area contributed by atoms with Gasteiger partial charge in [-0.25, -0.2) is 22.6 Å². The number of sulfonamides is 1. The zero-order chi connectivity index (χ0) is 18.0. The Bertz CT molecular complexity index is 899. The molecule has 136 valence electrons. The average Bonchev–Trinajstić information content (AvgIpc) is 2.73. The highest BCUT2D eigenvalue weighted by molar-refractivity contribution is 7.89. The monoisotopic (exact) mass is 366 g/mol. The van der Waals surface area contributed by atoms with Crippen molar-refractivity contribution in [2.75, 3.05) is 6.61 Å². The summed E-state index contributed by atoms with van der Waals surface area (Å²) in [6.45, 7) is 2.86. The summed E-state index contributed by atoms with van der Waals surface area (Å²) in [4.78, 5) is 12.2. The number of aryl methyl sites for hydroxylation is 2. The number of benzene rings is 1. The van der Waals surface area contributed by atoms with E-state index in [1.54, 1.807) is 23.7 Å². The summed E-state index contributed by atoms with van der Waals surface area (Å²) < 4.78 is 36.2. The number of nitrogens with one attached hydrogen (secondary N) is 1. The van der Waals surface area contributed by atoms with E-state index in [0.29, 0.717) is 44.0 Å². The smallest absolute Gasteiger partial charge is 0.345 e. The van der Waals surface area contributed by atoms with Crippen LogP contribution in [0.5, 0.6) is 5.75 Å². The molecule has 1 N–H and O–H groups in total. The van der Waals surface area contributed by atoms with E-state index in [1.807, 2.05) is 6.92 Å². The Morgan fingerprint density at radius 2 is 2.00 bits per heavy atom. The van der Waals surface area contributed by atoms with Crippen LogP contribution in [0, 0.1) is 0 Å². The summed E-state index contributed by atoms with van der Waals surface area (Å²) >= 11 is 0. The molecule has 25 heavy (non-hydrogen) atoms. The Labute approximate surface area is 146 Å². The minimum atomic E-state index is -3.62. The fourth-order valence-corrected chi connectivity index (χ4v) is 4.29. The van der Waals surface area contributed by atoms with Crippen molar-refractivity contribution >= 4 is 10.0 Å². The van der Waals surface area contributed by atoms with Gasteiger partial charge in [-0.15, -0.1) is 0 Å². The Morgan fingerprint density at radius 3 is 2.68 bits per heavy atom. The van der Waals surface area contributed by atoms with Crippen LogP contribution in [0.4, 0.5) is 0 Å². The van der Waals surface area contributed by atoms with Gasteiger partial charge in [-0.05, 0) is 44.0 Å². The molecule has 9 heteroatoms. The number of ether oxygens (including phenoxy) is 1. The first kappa shape index (κ1) is 17.7. The first-order valence-corrected chi connectivity index (χ1v) is 9.77. The lowest BCUT2D eigenvalue weighted by Gasteiger charge is -2.16. The Morgan fingerprint density at radius 1 is 1.28 bits per heavy atom. The van der Waals surface area contributed by atoms with E-state index in [1.165, 1.54) is 16.8 Å². The molecule has 0 radical (unpaired) electrons. The minimum Gasteiger partial charge on any atom is -0.494 e. The summed E-state index contributed by atoms with van der Waals surface area (Å²) in [7, 11) is -1.99. The zero-order valence-electron chi connectivity index (χ0n) is 14.3. The van der Waals surface area contributed by atoms with Crippen LogP contribution in [0.3, 0.4) is 0 Å². The highest BCUT2D eigenvalue weighted by Gasteiger charge is 2.24. The van der Waals surface area contributed by atoms with Gasteiger partial charge in [-0.2, -0.15) is 5.10 Å². The van der Waals surface area contributed by atoms with Crippen molar-refractivity contribution in [3.8, 4) is 5.75 Å². The molecule has 2 aromatic rings. The van der Waals surface area contributed by atoms with Gasteiger partial charge in [0.2, 0.25) is 10.0 Å². The van der Waals surface area contributed by atoms with Crippen LogP contribution in [0.1, 0.15) is 25.6 Å². The number of aromatic nitrogens is 3. The van der Waals surface area contributed by atoms with Crippen LogP contribution in [-0.2, 0) is 30.0 Å². The largest absolute Gasteiger partial charge is 0.494 e. The van der Waals surface area contributed by atoms with Crippen molar-refractivity contribution in [1.82, 2.24) is 19.1 Å². The van der Waals surface area contributed by atoms with Gasteiger partial charge in [0.25, 0.3) is 0 Å². The van der Waals surface area contributed by atoms with Crippen LogP contribution in [0.2, 0.25) is 0 Å². The van der Waals surface area contributed by atoms with Crippen molar-refractivity contribution in [2.24, 2.45) is 7.05 Å². The predicted octanol–water partition coefficient (Wildman–Crippen LogP) is 0.664. The summed E-state index contributed by atoms with van der Waals surface area (Å²) in [5, 5.41) is 4.20. The molecule has 3 rings (SSSR count). The Balaban J connectivity index is 1.70. The first-order valence-electron chi connectivity index (χ1n) is 8.28. The molecule has 0 aliphatic carbocycles. The Kier molecular flexibility index (Phi) is 4.96. The highest BCUT2D eigenvalue weighted by atomic mass is 32.2. The van der Waals surface area contributed by atoms with Crippen molar-refractivity contribution in [2.45, 2.75) is 43.7 Å². The zero-order valence-corrected chi connectivity index (χ0v) is 15.1. The molecule has 2 heterocycles. The van der Waals surface area contributed by atoms with Crippen molar-refractivity contribution in [3.05, 3.63) is 40.6 Å². The van der Waals surface area contributed by atoms with E-state index < -0.39 is 10.0 Å². The summed E-state index contributed by atoms with van der Waals surface area (Å²) in [6.07, 6.45) is 1.72. The SMILES string of the molecule is CCOc1ccc(S(=O)(=O)NC2CCc3nn(C)c(=O)n3CC2)cc1. The molecule has 0 amide bonds. The first-order chi connectivity index (χ1) is 11.9. The molecular weight excluding hydrogens is 344 g/mol. The lowest BCUT2D eigenvalue weighted by molar-refractivity contribution is 0.340. The topological polar surface area (TPSA) is 95.2 Å². The van der Waals surface area contributed by atoms with E-state index >= 15 is 0 Å². The van der Waals surface area contributed by atoms with Crippen LogP contribution in [-0.4, -0.2) is 35.4 Å². The standard InChI is InChI=1S/C16H22N4O4S/c1-3-24-13-5-7-14(8-6-13)25(22,23)18-12-4-9-15-17-19(2)16(21)20(15)11-10-12/h5-8,12,18H,3-4,9-11H2,1-2H3. The molecule has 8 nitrogen and oxygen atoms in total. The summed E-state index contributed by atoms with van der Waals surface area (Å²) in [5.74, 6) is 1.34. The maximum atomic E-state index is 12.6. The van der Waals surface area contributed by atoms with Crippen molar-refractivity contribution < 1.29 is 13.2 Å². The molecule has 1 aliphatic heterocycles. The van der Waals surface area contributed by atoms with Crippen LogP contribution in [0.25, 0.3) is 0 Å². The third-order valence-electron chi connectivity index (χ3n) is 4.27. The van der Waals surface area contributed by atoms with E-state index in [9.17, 15) is 13.2 Å². The second-order valence-corrected chi connectivity index (χ2v) is 7.74. The van der Waals surface area contributed by atoms with E-state index in [0.717, 1.165) is 0 Å². The van der Waals surface area contributed by atoms with Crippen LogP contribution < -0.4 is 15.1 Å². The molecule has 0 bridgehead atoms. The van der Waals surface area contributed by atoms with Gasteiger partial charge in [0.15, 0.2) is 0 Å². The number of rotatable bonds is 5. The van der Waals surface area contributed by atoms with Crippen molar-refractivity contribution in [1.29, 1.82) is 0 Å². The third-order valence-corrected chi connectivity index (χ3v) is 5.81. The second-order valence-electron chi connectivity index (χ2n) is 6.02. The van der Waals surface area contributed by atoms with Crippen LogP contribution in [0.15, 0.2) is 34.0 Å². The molecule has 1 aliphatic rings. The quantitative estimate of drug-likeness (QED) is 0.839. The maximum Gasteiger partial charge on any atom is 0.345 e. The number of hydrogen-bond acceptors (Lipinski definition) is 5. The van der Waals surface area contributed by atoms with Gasteiger partial charge >= 0.3 is 5.69 Å². The highest BCUT2D eigenvalue weighted by Crippen LogP contribution is 2.18. The molecule has 1 unspecified atom stereocenters. The molecule has 0 saturated carbocycles. The predicted molar refractivity (Wildman–Crippen MR) is 92.1 cm³/mol. The van der Waals surface area contributed by atoms with E-state index in [2.05, 4.69) is 9.82 Å². The fraction of sp³-hybridized carbons (Fsp3) is 0.500. The van der Waals surface area contributed by atoms with E-state index in [4.69, 9.17) is 4.74 Å². The van der Waals surface area contributed by atoms with Gasteiger partial charge in [0, 0.05) is 26.1 Å². The Hall–Kier alpha value is -2.13. The molecular formula is C16H22N4O4S. The van der Waals surface area contributed by atoms with Gasteiger partial charge in [-0.1, -0.05) is 0 Å². The minimum absolute atomic E-state index is 0.162. The van der Waals surface area contributed by atoms with Crippen LogP contribution >= 0.6 is 0 Å². The second kappa shape index (κ2) is 7.01. The van der Waals surface area contributed by atoms with Gasteiger partial charge in [0.1, 0.15) is 11.6 Å². The van der Waals surface area contributed by atoms with Gasteiger partial charge in [-0.3, -0.25) is 4.57 Å². The molecule has 1 aromatic heterocycles. The van der Waals surface area contributed by atoms with Gasteiger partial charge in [0.05, 0.1) is 11.5 Å². The average molecular weight is 366 g/mol. The van der Waals surface area contributed by atoms with Gasteiger partial charge < -0.3 is 4.74 Å². The number of fused-ring (bicyclic) bond motifs is 1. The van der Waals surface area contributed by atoms with Crippen molar-refractivity contribution in [3.63, 3.8) is 0 Å². The maximum absolute atomic E-state index is 12.6. The lowest BCUT2D eigenvalue weighted by Crippen LogP contribution is -2.35. The fourth-order valence-electron chi connectivity index (χ4n) is 2.98. The molecule has 0 spiro atoms. The molecule has 0 saturated heterocycles. The lowest BCUT2D eigenvalue weighted by atomic mass is 10.1. The number of hydrogen-bond donors (Lipinski definition) is 1. The molecule has 1 aromatic carbocycles. The molecule has 1 atom stereocenters.